The lowest BCUT2D eigenvalue weighted by atomic mass is 10.3. The molecule has 0 radical (unpaired) electrons. The van der Waals surface area contributed by atoms with Crippen LogP contribution in [0.4, 0.5) is 0 Å². The first-order chi connectivity index (χ1) is 7.83. The van der Waals surface area contributed by atoms with Gasteiger partial charge in [0.05, 0.1) is 12.8 Å². The van der Waals surface area contributed by atoms with Crippen LogP contribution in [0.1, 0.15) is 5.82 Å². The zero-order valence-corrected chi connectivity index (χ0v) is 9.00. The molecule has 0 aliphatic rings. The number of nitrogens with two attached hydrogens (primary N) is 1. The lowest BCUT2D eigenvalue weighted by Crippen LogP contribution is -2.05. The van der Waals surface area contributed by atoms with Crippen molar-refractivity contribution in [3.05, 3.63) is 30.1 Å². The third-order valence-electron chi connectivity index (χ3n) is 2.11. The summed E-state index contributed by atoms with van der Waals surface area (Å²) >= 11 is 0. The first-order valence-electron chi connectivity index (χ1n) is 4.97. The van der Waals surface area contributed by atoms with Crippen LogP contribution in [0.5, 0.6) is 5.75 Å². The second kappa shape index (κ2) is 4.71. The molecule has 2 rings (SSSR count). The molecule has 1 heterocycles. The second-order valence-corrected chi connectivity index (χ2v) is 3.24. The van der Waals surface area contributed by atoms with Gasteiger partial charge in [-0.3, -0.25) is 0 Å². The Morgan fingerprint density at radius 2 is 2.31 bits per heavy atom. The summed E-state index contributed by atoms with van der Waals surface area (Å²) in [7, 11) is 1.62. The Labute approximate surface area is 93.0 Å². The monoisotopic (exact) mass is 219 g/mol. The van der Waals surface area contributed by atoms with Crippen LogP contribution in [0.2, 0.25) is 0 Å². The van der Waals surface area contributed by atoms with E-state index >= 15 is 0 Å². The molecule has 0 amide bonds. The van der Waals surface area contributed by atoms with Gasteiger partial charge in [-0.25, -0.2) is 0 Å². The normalized spacial score (nSPS) is 10.4. The van der Waals surface area contributed by atoms with E-state index in [0.717, 1.165) is 11.4 Å². The van der Waals surface area contributed by atoms with Gasteiger partial charge in [-0.05, 0) is 23.9 Å². The maximum absolute atomic E-state index is 5.42. The number of nitrogens with zero attached hydrogens (tertiary/aromatic N) is 4. The van der Waals surface area contributed by atoms with Crippen molar-refractivity contribution in [3.63, 3.8) is 0 Å². The minimum absolute atomic E-state index is 0.518. The number of tetrazole rings is 1. The summed E-state index contributed by atoms with van der Waals surface area (Å²) < 4.78 is 5.12. The molecule has 0 saturated heterocycles. The topological polar surface area (TPSA) is 78.8 Å². The van der Waals surface area contributed by atoms with Crippen LogP contribution in [0.15, 0.2) is 24.3 Å². The zero-order chi connectivity index (χ0) is 11.4. The fraction of sp³-hybridized carbons (Fsp3) is 0.300. The van der Waals surface area contributed by atoms with Gasteiger partial charge in [0.2, 0.25) is 0 Å². The van der Waals surface area contributed by atoms with E-state index in [1.165, 1.54) is 4.80 Å². The maximum Gasteiger partial charge on any atom is 0.176 e. The molecular weight excluding hydrogens is 206 g/mol. The van der Waals surface area contributed by atoms with E-state index in [2.05, 4.69) is 15.4 Å². The lowest BCUT2D eigenvalue weighted by molar-refractivity contribution is 0.414. The van der Waals surface area contributed by atoms with Gasteiger partial charge < -0.3 is 10.5 Å². The predicted molar refractivity (Wildman–Crippen MR) is 58.5 cm³/mol. The highest BCUT2D eigenvalue weighted by Crippen LogP contribution is 2.14. The highest BCUT2D eigenvalue weighted by molar-refractivity contribution is 5.37. The van der Waals surface area contributed by atoms with Gasteiger partial charge in [-0.2, -0.15) is 0 Å². The van der Waals surface area contributed by atoms with Crippen molar-refractivity contribution >= 4 is 0 Å². The summed E-state index contributed by atoms with van der Waals surface area (Å²) in [5, 5.41) is 12.0. The van der Waals surface area contributed by atoms with Crippen molar-refractivity contribution in [2.75, 3.05) is 13.7 Å². The van der Waals surface area contributed by atoms with Crippen molar-refractivity contribution < 1.29 is 4.74 Å². The van der Waals surface area contributed by atoms with Gasteiger partial charge in [0.15, 0.2) is 5.82 Å². The van der Waals surface area contributed by atoms with Crippen molar-refractivity contribution in [2.45, 2.75) is 6.42 Å². The Balaban J connectivity index is 2.27. The molecule has 0 spiro atoms. The quantitative estimate of drug-likeness (QED) is 0.793. The van der Waals surface area contributed by atoms with Crippen molar-refractivity contribution in [2.24, 2.45) is 5.73 Å². The molecule has 0 aliphatic carbocycles. The molecule has 0 aliphatic heterocycles. The lowest BCUT2D eigenvalue weighted by Gasteiger charge is -2.01. The molecule has 6 nitrogen and oxygen atoms in total. The molecule has 0 unspecified atom stereocenters. The SMILES string of the molecule is COc1cccc(-n2nnc(CCN)n2)c1. The summed E-state index contributed by atoms with van der Waals surface area (Å²) in [6.45, 7) is 0.518. The summed E-state index contributed by atoms with van der Waals surface area (Å²) in [5.74, 6) is 1.40. The van der Waals surface area contributed by atoms with Crippen LogP contribution < -0.4 is 10.5 Å². The Morgan fingerprint density at radius 1 is 1.44 bits per heavy atom. The van der Waals surface area contributed by atoms with Crippen molar-refractivity contribution in [1.82, 2.24) is 20.2 Å². The van der Waals surface area contributed by atoms with E-state index in [1.54, 1.807) is 7.11 Å². The van der Waals surface area contributed by atoms with Crippen molar-refractivity contribution in [3.8, 4) is 11.4 Å². The van der Waals surface area contributed by atoms with Gasteiger partial charge >= 0.3 is 0 Å². The van der Waals surface area contributed by atoms with Gasteiger partial charge in [0.1, 0.15) is 5.75 Å². The molecular formula is C10H13N5O. The summed E-state index contributed by atoms with van der Waals surface area (Å²) in [6.07, 6.45) is 0.629. The third-order valence-corrected chi connectivity index (χ3v) is 2.11. The molecule has 0 atom stereocenters. The number of hydrogen-bond donors (Lipinski definition) is 1. The Kier molecular flexibility index (Phi) is 3.11. The highest BCUT2D eigenvalue weighted by atomic mass is 16.5. The first kappa shape index (κ1) is 10.6. The first-order valence-corrected chi connectivity index (χ1v) is 4.97. The number of methoxy groups -OCH3 is 1. The number of hydrogen-bond acceptors (Lipinski definition) is 5. The summed E-state index contributed by atoms with van der Waals surface area (Å²) in [4.78, 5) is 1.47. The minimum atomic E-state index is 0.518. The number of aromatic nitrogens is 4. The van der Waals surface area contributed by atoms with Gasteiger partial charge in [-0.1, -0.05) is 6.07 Å². The van der Waals surface area contributed by atoms with Gasteiger partial charge in [-0.15, -0.1) is 15.0 Å². The molecule has 0 bridgehead atoms. The van der Waals surface area contributed by atoms with Crippen LogP contribution in [-0.2, 0) is 6.42 Å². The predicted octanol–water partition coefficient (Wildman–Crippen LogP) is 0.172. The molecule has 2 aromatic rings. The zero-order valence-electron chi connectivity index (χ0n) is 9.00. The van der Waals surface area contributed by atoms with Gasteiger partial charge in [0, 0.05) is 12.5 Å². The maximum atomic E-state index is 5.42. The van der Waals surface area contributed by atoms with E-state index in [9.17, 15) is 0 Å². The molecule has 0 fully saturated rings. The van der Waals surface area contributed by atoms with Crippen molar-refractivity contribution in [1.29, 1.82) is 0 Å². The van der Waals surface area contributed by atoms with Crippen LogP contribution in [0.25, 0.3) is 5.69 Å². The minimum Gasteiger partial charge on any atom is -0.497 e. The van der Waals surface area contributed by atoms with Crippen LogP contribution in [-0.4, -0.2) is 33.9 Å². The molecule has 1 aromatic carbocycles. The Bertz CT molecular complexity index is 468. The molecule has 2 N–H and O–H groups in total. The highest BCUT2D eigenvalue weighted by Gasteiger charge is 2.04. The number of ether oxygens (including phenoxy) is 1. The molecule has 1 aromatic heterocycles. The third kappa shape index (κ3) is 2.17. The van der Waals surface area contributed by atoms with Crippen LogP contribution in [0.3, 0.4) is 0 Å². The van der Waals surface area contributed by atoms with Gasteiger partial charge in [0.25, 0.3) is 0 Å². The molecule has 84 valence electrons. The largest absolute Gasteiger partial charge is 0.497 e. The Hall–Kier alpha value is -1.95. The standard InChI is InChI=1S/C10H13N5O/c1-16-9-4-2-3-8(7-9)15-13-10(5-6-11)12-14-15/h2-4,7H,5-6,11H2,1H3. The summed E-state index contributed by atoms with van der Waals surface area (Å²) in [6, 6.07) is 7.46. The average Bonchev–Trinajstić information content (AvgIpc) is 2.78. The number of benzene rings is 1. The molecule has 16 heavy (non-hydrogen) atoms. The smallest absolute Gasteiger partial charge is 0.176 e. The number of rotatable bonds is 4. The van der Waals surface area contributed by atoms with E-state index in [4.69, 9.17) is 10.5 Å². The average molecular weight is 219 g/mol. The van der Waals surface area contributed by atoms with Crippen LogP contribution >= 0.6 is 0 Å². The molecule has 0 saturated carbocycles. The second-order valence-electron chi connectivity index (χ2n) is 3.24. The summed E-state index contributed by atoms with van der Waals surface area (Å²) in [5.41, 5.74) is 6.23. The van der Waals surface area contributed by atoms with E-state index in [0.29, 0.717) is 18.8 Å². The Morgan fingerprint density at radius 3 is 3.06 bits per heavy atom. The molecule has 6 heteroatoms. The van der Waals surface area contributed by atoms with E-state index < -0.39 is 0 Å². The van der Waals surface area contributed by atoms with E-state index in [1.807, 2.05) is 24.3 Å². The van der Waals surface area contributed by atoms with Crippen LogP contribution in [0, 0.1) is 0 Å². The fourth-order valence-electron chi connectivity index (χ4n) is 1.32. The fourth-order valence-corrected chi connectivity index (χ4v) is 1.32. The van der Waals surface area contributed by atoms with E-state index in [-0.39, 0.29) is 0 Å².